The largest absolute Gasteiger partial charge is 0.381 e. The molecule has 0 bridgehead atoms. The first-order valence-electron chi connectivity index (χ1n) is 5.99. The monoisotopic (exact) mass is 259 g/mol. The van der Waals surface area contributed by atoms with Gasteiger partial charge in [-0.3, -0.25) is 0 Å². The Kier molecular flexibility index (Phi) is 4.24. The fraction of sp³-hybridized carbons (Fsp3) is 0.538. The molecule has 2 nitrogen and oxygen atoms in total. The molecular weight excluding hydrogens is 243 g/mol. The lowest BCUT2D eigenvalue weighted by Crippen LogP contribution is -2.26. The van der Waals surface area contributed by atoms with Gasteiger partial charge in [0.25, 0.3) is 0 Å². The van der Waals surface area contributed by atoms with E-state index in [0.29, 0.717) is 12.1 Å². The Bertz CT molecular complexity index is 402. The van der Waals surface area contributed by atoms with Gasteiger partial charge >= 0.3 is 0 Å². The minimum Gasteiger partial charge on any atom is -0.381 e. The Labute approximate surface area is 104 Å². The summed E-state index contributed by atoms with van der Waals surface area (Å²) in [5.74, 6) is -3.71. The lowest BCUT2D eigenvalue weighted by atomic mass is 10.1. The van der Waals surface area contributed by atoms with Crippen LogP contribution in [0.3, 0.4) is 0 Å². The van der Waals surface area contributed by atoms with Gasteiger partial charge in [0.05, 0.1) is 6.10 Å². The number of ether oxygens (including phenoxy) is 1. The molecule has 0 aliphatic heterocycles. The summed E-state index contributed by atoms with van der Waals surface area (Å²) in [6.07, 6.45) is 3.11. The summed E-state index contributed by atoms with van der Waals surface area (Å²) in [6.45, 7) is 0.329. The fourth-order valence-corrected chi connectivity index (χ4v) is 2.31. The van der Waals surface area contributed by atoms with Crippen LogP contribution in [-0.2, 0) is 11.3 Å². The first-order valence-corrected chi connectivity index (χ1v) is 5.99. The van der Waals surface area contributed by atoms with E-state index in [0.717, 1.165) is 31.4 Å². The lowest BCUT2D eigenvalue weighted by molar-refractivity contribution is 0.107. The second kappa shape index (κ2) is 5.71. The van der Waals surface area contributed by atoms with Crippen molar-refractivity contribution >= 4 is 0 Å². The van der Waals surface area contributed by atoms with Crippen molar-refractivity contribution in [2.45, 2.75) is 38.0 Å². The molecular formula is C13H16F3NO. The van der Waals surface area contributed by atoms with Crippen LogP contribution in [0.2, 0.25) is 0 Å². The van der Waals surface area contributed by atoms with Gasteiger partial charge in [-0.25, -0.2) is 13.2 Å². The molecule has 1 fully saturated rings. The van der Waals surface area contributed by atoms with E-state index in [-0.39, 0.29) is 12.1 Å². The summed E-state index contributed by atoms with van der Waals surface area (Å²) in [6, 6.07) is 2.33. The van der Waals surface area contributed by atoms with Crippen LogP contribution in [0.1, 0.15) is 24.8 Å². The Morgan fingerprint density at radius 1 is 1.22 bits per heavy atom. The van der Waals surface area contributed by atoms with Crippen molar-refractivity contribution in [2.24, 2.45) is 0 Å². The van der Waals surface area contributed by atoms with Crippen LogP contribution in [0.25, 0.3) is 0 Å². The molecule has 1 aromatic rings. The quantitative estimate of drug-likeness (QED) is 0.839. The molecule has 1 aromatic carbocycles. The number of nitrogens with one attached hydrogen (secondary N) is 1. The maximum Gasteiger partial charge on any atom is 0.194 e. The molecule has 0 spiro atoms. The first kappa shape index (κ1) is 13.4. The molecule has 0 saturated heterocycles. The molecule has 0 amide bonds. The molecule has 2 rings (SSSR count). The van der Waals surface area contributed by atoms with Crippen LogP contribution < -0.4 is 5.32 Å². The van der Waals surface area contributed by atoms with Crippen LogP contribution in [-0.4, -0.2) is 19.3 Å². The second-order valence-electron chi connectivity index (χ2n) is 4.62. The molecule has 2 unspecified atom stereocenters. The van der Waals surface area contributed by atoms with Gasteiger partial charge in [0, 0.05) is 19.7 Å². The van der Waals surface area contributed by atoms with Crippen molar-refractivity contribution in [1.82, 2.24) is 5.32 Å². The summed E-state index contributed by atoms with van der Waals surface area (Å²) in [7, 11) is 1.68. The van der Waals surface area contributed by atoms with E-state index in [1.807, 2.05) is 0 Å². The van der Waals surface area contributed by atoms with Crippen LogP contribution in [0, 0.1) is 17.5 Å². The number of benzene rings is 1. The third kappa shape index (κ3) is 3.03. The SMILES string of the molecule is COC1CCC(NCc2cc(F)c(F)c(F)c2)C1. The smallest absolute Gasteiger partial charge is 0.194 e. The zero-order valence-corrected chi connectivity index (χ0v) is 10.2. The molecule has 1 saturated carbocycles. The van der Waals surface area contributed by atoms with E-state index >= 15 is 0 Å². The van der Waals surface area contributed by atoms with E-state index in [1.54, 1.807) is 7.11 Å². The number of hydrogen-bond acceptors (Lipinski definition) is 2. The predicted molar refractivity (Wildman–Crippen MR) is 61.6 cm³/mol. The minimum absolute atomic E-state index is 0.254. The topological polar surface area (TPSA) is 21.3 Å². The van der Waals surface area contributed by atoms with E-state index in [9.17, 15) is 13.2 Å². The third-order valence-electron chi connectivity index (χ3n) is 3.36. The molecule has 0 aromatic heterocycles. The van der Waals surface area contributed by atoms with Crippen molar-refractivity contribution in [2.75, 3.05) is 7.11 Å². The fourth-order valence-electron chi connectivity index (χ4n) is 2.31. The van der Waals surface area contributed by atoms with Crippen molar-refractivity contribution in [3.63, 3.8) is 0 Å². The average molecular weight is 259 g/mol. The molecule has 100 valence electrons. The highest BCUT2D eigenvalue weighted by Gasteiger charge is 2.23. The van der Waals surface area contributed by atoms with Crippen LogP contribution >= 0.6 is 0 Å². The number of halogens is 3. The molecule has 1 aliphatic carbocycles. The van der Waals surface area contributed by atoms with Gasteiger partial charge in [-0.2, -0.15) is 0 Å². The summed E-state index contributed by atoms with van der Waals surface area (Å²) >= 11 is 0. The highest BCUT2D eigenvalue weighted by molar-refractivity contribution is 5.19. The highest BCUT2D eigenvalue weighted by Crippen LogP contribution is 2.22. The Hall–Kier alpha value is -1.07. The average Bonchev–Trinajstić information content (AvgIpc) is 2.81. The van der Waals surface area contributed by atoms with Crippen molar-refractivity contribution in [3.8, 4) is 0 Å². The maximum atomic E-state index is 13.0. The minimum atomic E-state index is -1.42. The summed E-state index contributed by atoms with van der Waals surface area (Å²) in [5, 5.41) is 3.20. The first-order chi connectivity index (χ1) is 8.60. The Morgan fingerprint density at radius 3 is 2.44 bits per heavy atom. The highest BCUT2D eigenvalue weighted by atomic mass is 19.2. The maximum absolute atomic E-state index is 13.0. The molecule has 5 heteroatoms. The normalized spacial score (nSPS) is 23.6. The van der Waals surface area contributed by atoms with Gasteiger partial charge in [-0.1, -0.05) is 0 Å². The third-order valence-corrected chi connectivity index (χ3v) is 3.36. The Balaban J connectivity index is 1.91. The van der Waals surface area contributed by atoms with E-state index in [2.05, 4.69) is 5.32 Å². The molecule has 1 N–H and O–H groups in total. The zero-order valence-electron chi connectivity index (χ0n) is 10.2. The van der Waals surface area contributed by atoms with E-state index in [1.165, 1.54) is 0 Å². The zero-order chi connectivity index (χ0) is 13.1. The molecule has 0 heterocycles. The van der Waals surface area contributed by atoms with E-state index < -0.39 is 17.5 Å². The molecule has 18 heavy (non-hydrogen) atoms. The second-order valence-corrected chi connectivity index (χ2v) is 4.62. The van der Waals surface area contributed by atoms with Crippen molar-refractivity contribution in [1.29, 1.82) is 0 Å². The summed E-state index contributed by atoms with van der Waals surface area (Å²) in [4.78, 5) is 0. The molecule has 0 radical (unpaired) electrons. The van der Waals surface area contributed by atoms with Gasteiger partial charge < -0.3 is 10.1 Å². The van der Waals surface area contributed by atoms with Gasteiger partial charge in [-0.05, 0) is 37.0 Å². The van der Waals surface area contributed by atoms with E-state index in [4.69, 9.17) is 4.74 Å². The standard InChI is InChI=1S/C13H16F3NO/c1-18-10-3-2-9(6-10)17-7-8-4-11(14)13(16)12(15)5-8/h4-5,9-10,17H,2-3,6-7H2,1H3. The molecule has 1 aliphatic rings. The van der Waals surface area contributed by atoms with Gasteiger partial charge in [0.2, 0.25) is 0 Å². The van der Waals surface area contributed by atoms with Crippen LogP contribution in [0.4, 0.5) is 13.2 Å². The van der Waals surface area contributed by atoms with Gasteiger partial charge in [0.1, 0.15) is 0 Å². The predicted octanol–water partition coefficient (Wildman–Crippen LogP) is 2.76. The summed E-state index contributed by atoms with van der Waals surface area (Å²) in [5.41, 5.74) is 0.410. The summed E-state index contributed by atoms with van der Waals surface area (Å²) < 4.78 is 44.0. The molecule has 2 atom stereocenters. The number of rotatable bonds is 4. The number of hydrogen-bond donors (Lipinski definition) is 1. The van der Waals surface area contributed by atoms with Crippen LogP contribution in [0.15, 0.2) is 12.1 Å². The Morgan fingerprint density at radius 2 is 1.89 bits per heavy atom. The lowest BCUT2D eigenvalue weighted by Gasteiger charge is -2.13. The van der Waals surface area contributed by atoms with Gasteiger partial charge in [-0.15, -0.1) is 0 Å². The van der Waals surface area contributed by atoms with Crippen molar-refractivity contribution in [3.05, 3.63) is 35.1 Å². The van der Waals surface area contributed by atoms with Crippen molar-refractivity contribution < 1.29 is 17.9 Å². The number of methoxy groups -OCH3 is 1. The van der Waals surface area contributed by atoms with Gasteiger partial charge in [0.15, 0.2) is 17.5 Å². The van der Waals surface area contributed by atoms with Crippen LogP contribution in [0.5, 0.6) is 0 Å².